The van der Waals surface area contributed by atoms with Crippen LogP contribution in [-0.2, 0) is 20.2 Å². The molecule has 30 heteroatoms. The topological polar surface area (TPSA) is 290 Å². The highest BCUT2D eigenvalue weighted by atomic mass is 32.3. The summed E-state index contributed by atoms with van der Waals surface area (Å²) < 4.78 is 99.4. The Hall–Kier alpha value is -5.60. The van der Waals surface area contributed by atoms with E-state index in [9.17, 15) is 25.9 Å². The number of thioether (sulfide) groups is 1. The molecule has 1 aliphatic rings. The molecule has 1 saturated carbocycles. The molecule has 2 aromatic carbocycles. The lowest BCUT2D eigenvalue weighted by atomic mass is 10.0. The van der Waals surface area contributed by atoms with Crippen LogP contribution in [0.4, 0.5) is 56.0 Å². The van der Waals surface area contributed by atoms with E-state index < -0.39 is 28.7 Å². The molecule has 7 aromatic rings. The Kier molecular flexibility index (Phi) is 16.8. The van der Waals surface area contributed by atoms with Gasteiger partial charge in [-0.2, -0.15) is 40.5 Å². The molecule has 73 heavy (non-hydrogen) atoms. The van der Waals surface area contributed by atoms with Crippen LogP contribution in [0.1, 0.15) is 59.8 Å². The first-order valence-electron chi connectivity index (χ1n) is 22.7. The maximum Gasteiger partial charge on any atom is 0.307 e. The van der Waals surface area contributed by atoms with Gasteiger partial charge >= 0.3 is 20.2 Å². The monoisotopic (exact) mass is 1130 g/mol. The first-order chi connectivity index (χ1) is 35.0. The zero-order valence-corrected chi connectivity index (χ0v) is 46.4. The van der Waals surface area contributed by atoms with Gasteiger partial charge in [0.05, 0.1) is 62.0 Å². The van der Waals surface area contributed by atoms with Crippen LogP contribution in [0.5, 0.6) is 23.0 Å². The molecule has 0 atom stereocenters. The van der Waals surface area contributed by atoms with Crippen molar-refractivity contribution < 1.29 is 44.9 Å². The Labute approximate surface area is 441 Å². The van der Waals surface area contributed by atoms with Crippen molar-refractivity contribution in [3.63, 3.8) is 0 Å². The summed E-state index contributed by atoms with van der Waals surface area (Å²) in [7, 11) is -3.54. The van der Waals surface area contributed by atoms with E-state index in [1.165, 1.54) is 14.2 Å². The summed E-state index contributed by atoms with van der Waals surface area (Å²) in [5, 5.41) is 26.9. The van der Waals surface area contributed by atoms with Crippen LogP contribution in [0, 0.1) is 0 Å². The Balaban J connectivity index is 1.25. The van der Waals surface area contributed by atoms with E-state index in [1.807, 2.05) is 39.8 Å². The number of rotatable bonds is 22. The van der Waals surface area contributed by atoms with Gasteiger partial charge in [-0.1, -0.05) is 53.7 Å². The lowest BCUT2D eigenvalue weighted by Crippen LogP contribution is -2.22. The molecular weight excluding hydrogens is 1080 g/mol. The minimum atomic E-state index is -4.62. The van der Waals surface area contributed by atoms with Crippen molar-refractivity contribution in [1.29, 1.82) is 0 Å². The summed E-state index contributed by atoms with van der Waals surface area (Å²) in [5.41, 5.74) is 2.99. The number of hydrogen-bond donors (Lipinski definition) is 4. The summed E-state index contributed by atoms with van der Waals surface area (Å²) >= 11 is 5.05. The standard InChI is InChI=1S/C43H51N13O10S7/c1-9-55(10-2)27-18-23(25(20-29(27)63-5)49-51-35-31-33(65-7)39(72(57,58)59)68-37(31)53-70-35)44-41-46-42(48-43(47-41)67-22-16-14-13-15-17-22)45-24-19-28(56(11-3)12-4)30(64-6)21-26(24)50-52-36-32-34(66-8)40(73(60,61)62)69-38(32)54-71-36/h18-22H,9-17H2,1-8H3,(H,57,58,59)(H,60,61,62)(H2,44,45,46,47,48). The molecule has 5 aromatic heterocycles. The molecule has 5 heterocycles. The molecule has 4 N–H and O–H groups in total. The average Bonchev–Trinajstić information content (AvgIpc) is 4.16. The van der Waals surface area contributed by atoms with E-state index in [0.29, 0.717) is 75.2 Å². The summed E-state index contributed by atoms with van der Waals surface area (Å²) in [6, 6.07) is 7.18. The molecule has 1 fully saturated rings. The van der Waals surface area contributed by atoms with Crippen LogP contribution in [0.2, 0.25) is 0 Å². The number of ether oxygens (including phenoxy) is 4. The highest BCUT2D eigenvalue weighted by Crippen LogP contribution is 2.50. The van der Waals surface area contributed by atoms with Gasteiger partial charge in [-0.15, -0.1) is 20.5 Å². The molecule has 0 unspecified atom stereocenters. The maximum atomic E-state index is 12.2. The van der Waals surface area contributed by atoms with Crippen LogP contribution < -0.4 is 39.4 Å². The minimum absolute atomic E-state index is 0.0882. The van der Waals surface area contributed by atoms with Crippen molar-refractivity contribution in [2.45, 2.75) is 78.6 Å². The second kappa shape index (κ2) is 22.9. The van der Waals surface area contributed by atoms with Crippen LogP contribution in [0.15, 0.2) is 58.3 Å². The third-order valence-electron chi connectivity index (χ3n) is 11.6. The molecule has 0 radical (unpaired) electrons. The Morgan fingerprint density at radius 1 is 0.630 bits per heavy atom. The molecular formula is C43H51N13O10S7. The van der Waals surface area contributed by atoms with E-state index in [4.69, 9.17) is 33.9 Å². The number of anilines is 6. The summed E-state index contributed by atoms with van der Waals surface area (Å²) in [5.74, 6) is 1.15. The predicted octanol–water partition coefficient (Wildman–Crippen LogP) is 12.2. The Morgan fingerprint density at radius 2 is 1.05 bits per heavy atom. The van der Waals surface area contributed by atoms with Crippen LogP contribution in [0.3, 0.4) is 0 Å². The van der Waals surface area contributed by atoms with Gasteiger partial charge in [0.2, 0.25) is 11.9 Å². The smallest absolute Gasteiger partial charge is 0.307 e. The largest absolute Gasteiger partial charge is 0.494 e. The highest BCUT2D eigenvalue weighted by Gasteiger charge is 2.29. The Morgan fingerprint density at radius 3 is 1.42 bits per heavy atom. The predicted molar refractivity (Wildman–Crippen MR) is 288 cm³/mol. The van der Waals surface area contributed by atoms with Crippen molar-refractivity contribution in [3.05, 3.63) is 24.3 Å². The molecule has 0 amide bonds. The van der Waals surface area contributed by atoms with Crippen LogP contribution in [0.25, 0.3) is 20.4 Å². The van der Waals surface area contributed by atoms with Crippen molar-refractivity contribution in [3.8, 4) is 23.0 Å². The number of benzene rings is 2. The van der Waals surface area contributed by atoms with E-state index in [-0.39, 0.29) is 49.4 Å². The normalized spacial score (nSPS) is 13.7. The molecule has 23 nitrogen and oxygen atoms in total. The van der Waals surface area contributed by atoms with E-state index >= 15 is 0 Å². The lowest BCUT2D eigenvalue weighted by molar-refractivity contribution is 0.406. The summed E-state index contributed by atoms with van der Waals surface area (Å²) in [6.07, 6.45) is 5.31. The second-order valence-electron chi connectivity index (χ2n) is 15.9. The third-order valence-corrected chi connectivity index (χ3v) is 19.3. The number of methoxy groups -OCH3 is 4. The highest BCUT2D eigenvalue weighted by molar-refractivity contribution is 7.99. The van der Waals surface area contributed by atoms with Crippen LogP contribution in [-0.4, -0.2) is 110 Å². The van der Waals surface area contributed by atoms with Crippen molar-refractivity contribution in [2.75, 3.05) is 75.1 Å². The first kappa shape index (κ1) is 53.7. The van der Waals surface area contributed by atoms with E-state index in [2.05, 4.69) is 49.6 Å². The number of fused-ring (bicyclic) bond motifs is 2. The number of aromatic nitrogens is 5. The average molecular weight is 1130 g/mol. The van der Waals surface area contributed by atoms with Gasteiger partial charge in [0.25, 0.3) is 0 Å². The zero-order valence-electron chi connectivity index (χ0n) is 40.7. The first-order valence-corrected chi connectivity index (χ1v) is 29.6. The lowest BCUT2D eigenvalue weighted by Gasteiger charge is -2.25. The van der Waals surface area contributed by atoms with Crippen molar-refractivity contribution >= 4 is 154 Å². The van der Waals surface area contributed by atoms with Gasteiger partial charge in [-0.3, -0.25) is 9.11 Å². The van der Waals surface area contributed by atoms with Gasteiger partial charge in [-0.05, 0) is 75.7 Å². The quantitative estimate of drug-likeness (QED) is 0.0362. The fourth-order valence-electron chi connectivity index (χ4n) is 8.11. The zero-order chi connectivity index (χ0) is 52.2. The molecule has 0 aliphatic heterocycles. The molecule has 390 valence electrons. The van der Waals surface area contributed by atoms with Gasteiger partial charge in [-0.25, -0.2) is 0 Å². The molecule has 0 saturated heterocycles. The summed E-state index contributed by atoms with van der Waals surface area (Å²) in [4.78, 5) is 19.6. The second-order valence-corrected chi connectivity index (χ2v) is 23.9. The van der Waals surface area contributed by atoms with E-state index in [0.717, 1.165) is 89.2 Å². The summed E-state index contributed by atoms with van der Waals surface area (Å²) in [6.45, 7) is 10.7. The number of nitrogens with zero attached hydrogens (tertiary/aromatic N) is 11. The van der Waals surface area contributed by atoms with Crippen molar-refractivity contribution in [2.24, 2.45) is 20.5 Å². The van der Waals surface area contributed by atoms with Gasteiger partial charge in [0.15, 0.2) is 35.1 Å². The van der Waals surface area contributed by atoms with Crippen molar-refractivity contribution in [1.82, 2.24) is 23.7 Å². The molecule has 0 spiro atoms. The fraction of sp³-hybridized carbons (Fsp3) is 0.419. The van der Waals surface area contributed by atoms with Gasteiger partial charge in [0, 0.05) is 43.6 Å². The number of thiophene rings is 2. The molecule has 0 bridgehead atoms. The number of azo groups is 2. The number of nitrogens with one attached hydrogen (secondary N) is 2. The maximum absolute atomic E-state index is 12.2. The van der Waals surface area contributed by atoms with E-state index in [1.54, 1.807) is 38.1 Å². The van der Waals surface area contributed by atoms with Gasteiger partial charge < -0.3 is 39.4 Å². The van der Waals surface area contributed by atoms with Gasteiger partial charge in [0.1, 0.15) is 32.5 Å². The van der Waals surface area contributed by atoms with Crippen LogP contribution >= 0.6 is 57.5 Å². The third kappa shape index (κ3) is 11.6. The SMILES string of the molecule is CCN(CC)c1cc(Nc2nc(Nc3cc(N(CC)CC)c(OC)cc3N=Nc3snc4sc(S(=O)(=O)O)c(OC)c34)nc(SC3CCCCC3)n2)c(N=Nc2snc3sc(S(=O)(=O)O)c(OC)c23)cc1OC. The fourth-order valence-corrected chi connectivity index (χ4v) is 14.8. The minimum Gasteiger partial charge on any atom is -0.494 e. The molecule has 8 rings (SSSR count). The molecule has 1 aliphatic carbocycles. The Bertz CT molecular complexity index is 3210. The number of hydrogen-bond acceptors (Lipinski definition) is 26.